The predicted octanol–water partition coefficient (Wildman–Crippen LogP) is 6.41. The van der Waals surface area contributed by atoms with Gasteiger partial charge in [0.25, 0.3) is 0 Å². The molecule has 1 aliphatic rings. The van der Waals surface area contributed by atoms with Crippen molar-refractivity contribution in [1.82, 2.24) is 4.57 Å². The average molecular weight is 337 g/mol. The van der Waals surface area contributed by atoms with Gasteiger partial charge in [-0.3, -0.25) is 0 Å². The first-order chi connectivity index (χ1) is 12.9. The van der Waals surface area contributed by atoms with Gasteiger partial charge in [-0.15, -0.1) is 0 Å². The first kappa shape index (κ1) is 14.2. The second kappa shape index (κ2) is 5.25. The lowest BCUT2D eigenvalue weighted by molar-refractivity contribution is 0.508. The number of rotatable bonds is 1. The molecule has 1 aliphatic carbocycles. The first-order valence-corrected chi connectivity index (χ1v) is 9.43. The standard InChI is InChI=1S/C24H19NO/c1-2-8-16(9-3-1)25-20-12-6-4-11-19(20)23-21(25)15-14-18-17-10-5-7-13-22(17)26-24(18)23/h1-4,6,8-9,11-12,14-15H,5,7,10,13H2. The molecular weight excluding hydrogens is 318 g/mol. The number of aryl methyl sites for hydroxylation is 2. The Bertz CT molecular complexity index is 1270. The van der Waals surface area contributed by atoms with Crippen LogP contribution in [0.5, 0.6) is 0 Å². The molecule has 0 saturated heterocycles. The summed E-state index contributed by atoms with van der Waals surface area (Å²) in [6.45, 7) is 0. The van der Waals surface area contributed by atoms with Crippen molar-refractivity contribution < 1.29 is 4.42 Å². The van der Waals surface area contributed by atoms with Crippen molar-refractivity contribution in [2.45, 2.75) is 25.7 Å². The smallest absolute Gasteiger partial charge is 0.144 e. The van der Waals surface area contributed by atoms with Crippen LogP contribution in [-0.2, 0) is 12.8 Å². The number of hydrogen-bond donors (Lipinski definition) is 0. The van der Waals surface area contributed by atoms with E-state index in [9.17, 15) is 0 Å². The lowest BCUT2D eigenvalue weighted by Crippen LogP contribution is -1.98. The molecule has 0 fully saturated rings. The molecule has 2 heterocycles. The van der Waals surface area contributed by atoms with E-state index in [-0.39, 0.29) is 0 Å². The number of fused-ring (bicyclic) bond motifs is 7. The highest BCUT2D eigenvalue weighted by molar-refractivity contribution is 6.20. The molecule has 0 atom stereocenters. The van der Waals surface area contributed by atoms with Gasteiger partial charge in [0.2, 0.25) is 0 Å². The van der Waals surface area contributed by atoms with Crippen molar-refractivity contribution in [1.29, 1.82) is 0 Å². The van der Waals surface area contributed by atoms with Crippen LogP contribution in [0.2, 0.25) is 0 Å². The maximum atomic E-state index is 6.45. The van der Waals surface area contributed by atoms with Crippen LogP contribution in [0.4, 0.5) is 0 Å². The summed E-state index contributed by atoms with van der Waals surface area (Å²) in [7, 11) is 0. The summed E-state index contributed by atoms with van der Waals surface area (Å²) in [5.41, 5.74) is 6.14. The van der Waals surface area contributed by atoms with Crippen molar-refractivity contribution in [2.24, 2.45) is 0 Å². The molecule has 0 N–H and O–H groups in total. The Morgan fingerprint density at radius 3 is 2.42 bits per heavy atom. The van der Waals surface area contributed by atoms with Crippen molar-refractivity contribution in [3.63, 3.8) is 0 Å². The van der Waals surface area contributed by atoms with E-state index in [0.717, 1.165) is 18.4 Å². The molecule has 0 spiro atoms. The van der Waals surface area contributed by atoms with Gasteiger partial charge in [-0.05, 0) is 49.6 Å². The molecule has 126 valence electrons. The van der Waals surface area contributed by atoms with Crippen LogP contribution in [-0.4, -0.2) is 4.57 Å². The Morgan fingerprint density at radius 2 is 1.50 bits per heavy atom. The largest absolute Gasteiger partial charge is 0.460 e. The summed E-state index contributed by atoms with van der Waals surface area (Å²) in [5, 5.41) is 3.82. The van der Waals surface area contributed by atoms with Crippen LogP contribution in [0.25, 0.3) is 38.5 Å². The van der Waals surface area contributed by atoms with Crippen molar-refractivity contribution in [3.8, 4) is 5.69 Å². The fourth-order valence-electron chi connectivity index (χ4n) is 4.63. The normalized spacial score (nSPS) is 14.3. The zero-order chi connectivity index (χ0) is 17.1. The minimum absolute atomic E-state index is 1.07. The molecule has 0 saturated carbocycles. The molecule has 6 rings (SSSR count). The quantitative estimate of drug-likeness (QED) is 0.346. The molecule has 2 nitrogen and oxygen atoms in total. The molecule has 2 heteroatoms. The zero-order valence-electron chi connectivity index (χ0n) is 14.5. The van der Waals surface area contributed by atoms with Crippen LogP contribution < -0.4 is 0 Å². The molecule has 26 heavy (non-hydrogen) atoms. The van der Waals surface area contributed by atoms with Crippen LogP contribution in [0.15, 0.2) is 71.1 Å². The topological polar surface area (TPSA) is 18.1 Å². The lowest BCUT2D eigenvalue weighted by atomic mass is 9.95. The number of hydrogen-bond acceptors (Lipinski definition) is 1. The second-order valence-corrected chi connectivity index (χ2v) is 7.24. The Hall–Kier alpha value is -3.00. The maximum absolute atomic E-state index is 6.45. The molecule has 5 aromatic rings. The highest BCUT2D eigenvalue weighted by Gasteiger charge is 2.22. The molecule has 0 amide bonds. The fourth-order valence-corrected chi connectivity index (χ4v) is 4.63. The predicted molar refractivity (Wildman–Crippen MR) is 107 cm³/mol. The van der Waals surface area contributed by atoms with Gasteiger partial charge in [0.1, 0.15) is 11.3 Å². The number of aromatic nitrogens is 1. The van der Waals surface area contributed by atoms with Crippen molar-refractivity contribution in [3.05, 3.63) is 78.1 Å². The third-order valence-electron chi connectivity index (χ3n) is 5.77. The third-order valence-corrected chi connectivity index (χ3v) is 5.77. The van der Waals surface area contributed by atoms with Gasteiger partial charge in [-0.2, -0.15) is 0 Å². The van der Waals surface area contributed by atoms with E-state index < -0.39 is 0 Å². The SMILES string of the molecule is c1ccc(-n2c3ccccc3c3c4oc5c(c4ccc32)CCCC5)cc1. The number of benzene rings is 3. The minimum Gasteiger partial charge on any atom is -0.460 e. The minimum atomic E-state index is 1.07. The molecule has 3 aromatic carbocycles. The van der Waals surface area contributed by atoms with Crippen LogP contribution in [0.3, 0.4) is 0 Å². The maximum Gasteiger partial charge on any atom is 0.144 e. The highest BCUT2D eigenvalue weighted by atomic mass is 16.3. The summed E-state index contributed by atoms with van der Waals surface area (Å²) in [5.74, 6) is 1.20. The van der Waals surface area contributed by atoms with E-state index in [1.54, 1.807) is 0 Å². The molecule has 0 aliphatic heterocycles. The first-order valence-electron chi connectivity index (χ1n) is 9.43. The van der Waals surface area contributed by atoms with Gasteiger partial charge in [0, 0.05) is 28.4 Å². The summed E-state index contributed by atoms with van der Waals surface area (Å²) in [4.78, 5) is 0. The van der Waals surface area contributed by atoms with Crippen molar-refractivity contribution >= 4 is 32.8 Å². The van der Waals surface area contributed by atoms with Crippen LogP contribution in [0.1, 0.15) is 24.2 Å². The van der Waals surface area contributed by atoms with Gasteiger partial charge in [-0.25, -0.2) is 0 Å². The van der Waals surface area contributed by atoms with E-state index in [1.807, 2.05) is 0 Å². The van der Waals surface area contributed by atoms with Crippen LogP contribution in [0, 0.1) is 0 Å². The Morgan fingerprint density at radius 1 is 0.692 bits per heavy atom. The Kier molecular flexibility index (Phi) is 2.87. The van der Waals surface area contributed by atoms with Gasteiger partial charge in [-0.1, -0.05) is 36.4 Å². The summed E-state index contributed by atoms with van der Waals surface area (Å²) in [6.07, 6.45) is 4.72. The zero-order valence-corrected chi connectivity index (χ0v) is 14.5. The van der Waals surface area contributed by atoms with Gasteiger partial charge in [0.15, 0.2) is 0 Å². The van der Waals surface area contributed by atoms with E-state index in [4.69, 9.17) is 4.42 Å². The van der Waals surface area contributed by atoms with E-state index in [0.29, 0.717) is 0 Å². The second-order valence-electron chi connectivity index (χ2n) is 7.24. The van der Waals surface area contributed by atoms with Crippen molar-refractivity contribution in [2.75, 3.05) is 0 Å². The van der Waals surface area contributed by atoms with Crippen LogP contribution >= 0.6 is 0 Å². The molecule has 0 radical (unpaired) electrons. The third kappa shape index (κ3) is 1.82. The monoisotopic (exact) mass is 337 g/mol. The summed E-state index contributed by atoms with van der Waals surface area (Å²) >= 11 is 0. The number of nitrogens with zero attached hydrogens (tertiary/aromatic N) is 1. The molecule has 0 unspecified atom stereocenters. The van der Waals surface area contributed by atoms with Gasteiger partial charge < -0.3 is 8.98 Å². The Labute approximate surface area is 151 Å². The van der Waals surface area contributed by atoms with E-state index in [1.165, 1.54) is 57.0 Å². The molecule has 2 aromatic heterocycles. The number of furan rings is 1. The van der Waals surface area contributed by atoms with E-state index >= 15 is 0 Å². The Balaban J connectivity index is 1.82. The fraction of sp³-hybridized carbons (Fsp3) is 0.167. The lowest BCUT2D eigenvalue weighted by Gasteiger charge is -2.08. The molecular formula is C24H19NO. The average Bonchev–Trinajstić information content (AvgIpc) is 3.24. The molecule has 0 bridgehead atoms. The number of para-hydroxylation sites is 2. The highest BCUT2D eigenvalue weighted by Crippen LogP contribution is 2.41. The summed E-state index contributed by atoms with van der Waals surface area (Å²) < 4.78 is 8.80. The van der Waals surface area contributed by atoms with E-state index in [2.05, 4.69) is 71.3 Å². The van der Waals surface area contributed by atoms with Gasteiger partial charge in [0.05, 0.1) is 16.4 Å². The van der Waals surface area contributed by atoms with Gasteiger partial charge >= 0.3 is 0 Å². The summed E-state index contributed by atoms with van der Waals surface area (Å²) in [6, 6.07) is 23.8.